The van der Waals surface area contributed by atoms with Crippen LogP contribution in [0.1, 0.15) is 40.5 Å². The highest BCUT2D eigenvalue weighted by atomic mass is 16.5. The zero-order valence-corrected chi connectivity index (χ0v) is 12.7. The van der Waals surface area contributed by atoms with Gasteiger partial charge in [-0.2, -0.15) is 0 Å². The molecule has 0 spiro atoms. The second-order valence-corrected chi connectivity index (χ2v) is 7.00. The molecular formula is C15H30N2O. The van der Waals surface area contributed by atoms with E-state index >= 15 is 0 Å². The molecule has 1 N–H and O–H groups in total. The monoisotopic (exact) mass is 254 g/mol. The van der Waals surface area contributed by atoms with Gasteiger partial charge < -0.3 is 10.1 Å². The molecule has 3 nitrogen and oxygen atoms in total. The van der Waals surface area contributed by atoms with Crippen LogP contribution < -0.4 is 5.32 Å². The SMILES string of the molecule is CNC1CC(C)CC(C)C1N1CCOCC1(C)C. The van der Waals surface area contributed by atoms with E-state index in [1.807, 2.05) is 0 Å². The van der Waals surface area contributed by atoms with Crippen LogP contribution in [0.3, 0.4) is 0 Å². The molecule has 2 aliphatic rings. The van der Waals surface area contributed by atoms with Crippen LogP contribution in [0.4, 0.5) is 0 Å². The molecule has 4 unspecified atom stereocenters. The quantitative estimate of drug-likeness (QED) is 0.817. The van der Waals surface area contributed by atoms with Crippen LogP contribution in [0.15, 0.2) is 0 Å². The Bertz CT molecular complexity index is 280. The van der Waals surface area contributed by atoms with Crippen molar-refractivity contribution in [3.05, 3.63) is 0 Å². The van der Waals surface area contributed by atoms with Crippen molar-refractivity contribution in [1.29, 1.82) is 0 Å². The summed E-state index contributed by atoms with van der Waals surface area (Å²) in [6.07, 6.45) is 2.66. The van der Waals surface area contributed by atoms with Gasteiger partial charge >= 0.3 is 0 Å². The lowest BCUT2D eigenvalue weighted by atomic mass is 9.74. The van der Waals surface area contributed by atoms with Crippen LogP contribution in [0.2, 0.25) is 0 Å². The first-order valence-corrected chi connectivity index (χ1v) is 7.47. The zero-order valence-electron chi connectivity index (χ0n) is 12.7. The number of morpholine rings is 1. The van der Waals surface area contributed by atoms with E-state index in [4.69, 9.17) is 4.74 Å². The molecule has 1 saturated heterocycles. The minimum Gasteiger partial charge on any atom is -0.378 e. The predicted molar refractivity (Wildman–Crippen MR) is 75.8 cm³/mol. The molecule has 0 radical (unpaired) electrons. The van der Waals surface area contributed by atoms with E-state index in [0.29, 0.717) is 12.1 Å². The zero-order chi connectivity index (χ0) is 13.3. The van der Waals surface area contributed by atoms with Gasteiger partial charge in [0.1, 0.15) is 0 Å². The molecule has 3 heteroatoms. The molecular weight excluding hydrogens is 224 g/mol. The summed E-state index contributed by atoms with van der Waals surface area (Å²) in [7, 11) is 2.12. The number of hydrogen-bond donors (Lipinski definition) is 1. The number of nitrogens with one attached hydrogen (secondary N) is 1. The molecule has 0 aromatic carbocycles. The van der Waals surface area contributed by atoms with E-state index in [0.717, 1.165) is 31.6 Å². The van der Waals surface area contributed by atoms with Crippen molar-refractivity contribution in [3.8, 4) is 0 Å². The van der Waals surface area contributed by atoms with Crippen LogP contribution in [-0.2, 0) is 4.74 Å². The molecule has 0 aromatic heterocycles. The van der Waals surface area contributed by atoms with Crippen LogP contribution in [0.5, 0.6) is 0 Å². The lowest BCUT2D eigenvalue weighted by molar-refractivity contribution is -0.0978. The fourth-order valence-corrected chi connectivity index (χ4v) is 4.08. The van der Waals surface area contributed by atoms with E-state index in [1.54, 1.807) is 0 Å². The highest BCUT2D eigenvalue weighted by Crippen LogP contribution is 2.36. The maximum atomic E-state index is 5.67. The highest BCUT2D eigenvalue weighted by molar-refractivity contribution is 4.99. The highest BCUT2D eigenvalue weighted by Gasteiger charge is 2.43. The number of nitrogens with zero attached hydrogens (tertiary/aromatic N) is 1. The first-order chi connectivity index (χ1) is 8.45. The maximum Gasteiger partial charge on any atom is 0.0645 e. The van der Waals surface area contributed by atoms with Crippen LogP contribution >= 0.6 is 0 Å². The fraction of sp³-hybridized carbons (Fsp3) is 1.00. The van der Waals surface area contributed by atoms with E-state index in [2.05, 4.69) is 45.0 Å². The fourth-order valence-electron chi connectivity index (χ4n) is 4.08. The third-order valence-electron chi connectivity index (χ3n) is 4.87. The lowest BCUT2D eigenvalue weighted by Crippen LogP contribution is -2.65. The summed E-state index contributed by atoms with van der Waals surface area (Å²) in [6, 6.07) is 1.28. The summed E-state index contributed by atoms with van der Waals surface area (Å²) in [5.74, 6) is 1.61. The molecule has 1 saturated carbocycles. The van der Waals surface area contributed by atoms with Crippen molar-refractivity contribution in [1.82, 2.24) is 10.2 Å². The van der Waals surface area contributed by atoms with Crippen molar-refractivity contribution >= 4 is 0 Å². The Balaban J connectivity index is 2.17. The van der Waals surface area contributed by atoms with Crippen molar-refractivity contribution < 1.29 is 4.74 Å². The Morgan fingerprint density at radius 3 is 2.56 bits per heavy atom. The van der Waals surface area contributed by atoms with Gasteiger partial charge in [0.25, 0.3) is 0 Å². The van der Waals surface area contributed by atoms with Gasteiger partial charge in [0.05, 0.1) is 13.2 Å². The smallest absolute Gasteiger partial charge is 0.0645 e. The summed E-state index contributed by atoms with van der Waals surface area (Å²) >= 11 is 0. The van der Waals surface area contributed by atoms with Gasteiger partial charge in [0.15, 0.2) is 0 Å². The Labute approximate surface area is 112 Å². The summed E-state index contributed by atoms with van der Waals surface area (Å²) in [5.41, 5.74) is 0.173. The normalized spacial score (nSPS) is 41.8. The maximum absolute atomic E-state index is 5.67. The van der Waals surface area contributed by atoms with Gasteiger partial charge in [0.2, 0.25) is 0 Å². The Morgan fingerprint density at radius 1 is 1.22 bits per heavy atom. The molecule has 1 aliphatic carbocycles. The first kappa shape index (κ1) is 14.3. The molecule has 0 amide bonds. The topological polar surface area (TPSA) is 24.5 Å². The van der Waals surface area contributed by atoms with Gasteiger partial charge in [-0.15, -0.1) is 0 Å². The molecule has 0 aromatic rings. The third-order valence-corrected chi connectivity index (χ3v) is 4.87. The summed E-state index contributed by atoms with van der Waals surface area (Å²) in [6.45, 7) is 12.3. The largest absolute Gasteiger partial charge is 0.378 e. The van der Waals surface area contributed by atoms with E-state index in [1.165, 1.54) is 12.8 Å². The van der Waals surface area contributed by atoms with Gasteiger partial charge in [-0.3, -0.25) is 4.90 Å². The Morgan fingerprint density at radius 2 is 1.94 bits per heavy atom. The van der Waals surface area contributed by atoms with Crippen molar-refractivity contribution in [2.45, 2.75) is 58.2 Å². The van der Waals surface area contributed by atoms with Crippen molar-refractivity contribution in [3.63, 3.8) is 0 Å². The van der Waals surface area contributed by atoms with E-state index in [-0.39, 0.29) is 5.54 Å². The van der Waals surface area contributed by atoms with Gasteiger partial charge in [0, 0.05) is 24.2 Å². The standard InChI is InChI=1S/C15H30N2O/c1-11-8-12(2)14(13(9-11)16-5)17-6-7-18-10-15(17,3)4/h11-14,16H,6-10H2,1-5H3. The average molecular weight is 254 g/mol. The molecule has 4 atom stereocenters. The number of likely N-dealkylation sites (N-methyl/N-ethyl adjacent to an activating group) is 1. The van der Waals surface area contributed by atoms with Crippen molar-refractivity contribution in [2.75, 3.05) is 26.8 Å². The molecule has 0 bridgehead atoms. The third kappa shape index (κ3) is 2.73. The predicted octanol–water partition coefficient (Wildman–Crippen LogP) is 2.12. The van der Waals surface area contributed by atoms with E-state index < -0.39 is 0 Å². The van der Waals surface area contributed by atoms with Gasteiger partial charge in [-0.25, -0.2) is 0 Å². The molecule has 1 aliphatic heterocycles. The Kier molecular flexibility index (Phi) is 4.35. The Hall–Kier alpha value is -0.120. The minimum atomic E-state index is 0.173. The van der Waals surface area contributed by atoms with Crippen molar-refractivity contribution in [2.24, 2.45) is 11.8 Å². The van der Waals surface area contributed by atoms with Crippen LogP contribution in [0.25, 0.3) is 0 Å². The van der Waals surface area contributed by atoms with Gasteiger partial charge in [-0.05, 0) is 45.6 Å². The molecule has 2 fully saturated rings. The van der Waals surface area contributed by atoms with Gasteiger partial charge in [-0.1, -0.05) is 13.8 Å². The molecule has 1 heterocycles. The number of hydrogen-bond acceptors (Lipinski definition) is 3. The molecule has 106 valence electrons. The number of rotatable bonds is 2. The minimum absolute atomic E-state index is 0.173. The second kappa shape index (κ2) is 5.48. The summed E-state index contributed by atoms with van der Waals surface area (Å²) in [4.78, 5) is 2.70. The lowest BCUT2D eigenvalue weighted by Gasteiger charge is -2.53. The average Bonchev–Trinajstić information content (AvgIpc) is 2.29. The van der Waals surface area contributed by atoms with Crippen LogP contribution in [0, 0.1) is 11.8 Å². The molecule has 18 heavy (non-hydrogen) atoms. The second-order valence-electron chi connectivity index (χ2n) is 7.00. The first-order valence-electron chi connectivity index (χ1n) is 7.47. The molecule has 2 rings (SSSR count). The number of ether oxygens (including phenoxy) is 1. The van der Waals surface area contributed by atoms with Crippen LogP contribution in [-0.4, -0.2) is 49.3 Å². The summed E-state index contributed by atoms with van der Waals surface area (Å²) in [5, 5.41) is 3.57. The summed E-state index contributed by atoms with van der Waals surface area (Å²) < 4.78 is 5.67. The van der Waals surface area contributed by atoms with E-state index in [9.17, 15) is 0 Å².